The average molecular weight is 393 g/mol. The monoisotopic (exact) mass is 392 g/mol. The van der Waals surface area contributed by atoms with Gasteiger partial charge in [0.2, 0.25) is 5.91 Å². The lowest BCUT2D eigenvalue weighted by molar-refractivity contribution is -0.129. The first-order chi connectivity index (χ1) is 12.2. The van der Waals surface area contributed by atoms with Crippen LogP contribution in [0.1, 0.15) is 24.1 Å². The Bertz CT molecular complexity index is 666. The topological polar surface area (TPSA) is 33.2 Å². The summed E-state index contributed by atoms with van der Waals surface area (Å²) in [6.07, 6.45) is 2.24. The van der Waals surface area contributed by atoms with E-state index in [0.29, 0.717) is 17.6 Å². The molecule has 0 saturated carbocycles. The van der Waals surface area contributed by atoms with Crippen LogP contribution >= 0.6 is 34.9 Å². The number of amides is 1. The predicted molar refractivity (Wildman–Crippen MR) is 109 cm³/mol. The Morgan fingerprint density at radius 3 is 2.72 bits per heavy atom. The number of hydrogen-bond acceptors (Lipinski definition) is 5. The van der Waals surface area contributed by atoms with E-state index in [1.54, 1.807) is 23.1 Å². The van der Waals surface area contributed by atoms with Crippen LogP contribution < -0.4 is 0 Å². The summed E-state index contributed by atoms with van der Waals surface area (Å²) < 4.78 is 1.17. The molecule has 1 aromatic carbocycles. The van der Waals surface area contributed by atoms with Crippen molar-refractivity contribution in [2.75, 3.05) is 24.6 Å². The lowest BCUT2D eigenvalue weighted by Gasteiger charge is -2.31. The van der Waals surface area contributed by atoms with Gasteiger partial charge in [0.05, 0.1) is 5.75 Å². The molecular formula is C19H24N2OS3. The van der Waals surface area contributed by atoms with Gasteiger partial charge in [0.15, 0.2) is 0 Å². The van der Waals surface area contributed by atoms with Gasteiger partial charge in [0.25, 0.3) is 0 Å². The number of piperidine rings is 1. The molecule has 1 saturated heterocycles. The standard InChI is InChI=1S/C19H24N2OS3/c1-15-11-24-19(20-15)25-13-17-7-9-21(10-8-17)18(22)14-23-12-16-5-3-2-4-6-16/h2-6,11,17H,7-10,12-14H2,1H3. The zero-order chi connectivity index (χ0) is 17.5. The predicted octanol–water partition coefficient (Wildman–Crippen LogP) is 4.72. The molecule has 0 aliphatic carbocycles. The molecule has 134 valence electrons. The molecule has 1 aromatic heterocycles. The van der Waals surface area contributed by atoms with Gasteiger partial charge in [-0.2, -0.15) is 0 Å². The van der Waals surface area contributed by atoms with Gasteiger partial charge < -0.3 is 4.90 Å². The average Bonchev–Trinajstić information content (AvgIpc) is 3.06. The Balaban J connectivity index is 1.33. The number of thiazole rings is 1. The summed E-state index contributed by atoms with van der Waals surface area (Å²) in [5.74, 6) is 3.62. The van der Waals surface area contributed by atoms with Crippen LogP contribution in [0.15, 0.2) is 40.1 Å². The van der Waals surface area contributed by atoms with Crippen molar-refractivity contribution in [3.05, 3.63) is 47.0 Å². The molecule has 0 atom stereocenters. The SMILES string of the molecule is Cc1csc(SCC2CCN(C(=O)CSCc3ccccc3)CC2)n1. The summed E-state index contributed by atoms with van der Waals surface area (Å²) in [6, 6.07) is 10.4. The Kier molecular flexibility index (Phi) is 7.25. The van der Waals surface area contributed by atoms with Crippen molar-refractivity contribution in [1.82, 2.24) is 9.88 Å². The van der Waals surface area contributed by atoms with Gasteiger partial charge in [-0.1, -0.05) is 42.1 Å². The van der Waals surface area contributed by atoms with Crippen LogP contribution in [0.5, 0.6) is 0 Å². The molecule has 2 aromatic rings. The summed E-state index contributed by atoms with van der Waals surface area (Å²) in [7, 11) is 0. The minimum absolute atomic E-state index is 0.294. The van der Waals surface area contributed by atoms with E-state index in [1.165, 1.54) is 9.90 Å². The number of nitrogens with zero attached hydrogens (tertiary/aromatic N) is 2. The van der Waals surface area contributed by atoms with Crippen LogP contribution in [0.3, 0.4) is 0 Å². The van der Waals surface area contributed by atoms with E-state index in [2.05, 4.69) is 22.5 Å². The van der Waals surface area contributed by atoms with E-state index in [1.807, 2.05) is 41.8 Å². The minimum Gasteiger partial charge on any atom is -0.342 e. The smallest absolute Gasteiger partial charge is 0.232 e. The molecule has 3 nitrogen and oxygen atoms in total. The maximum atomic E-state index is 12.4. The van der Waals surface area contributed by atoms with E-state index < -0.39 is 0 Å². The molecule has 0 radical (unpaired) electrons. The first-order valence-corrected chi connectivity index (χ1v) is 11.7. The van der Waals surface area contributed by atoms with Crippen LogP contribution in [0.25, 0.3) is 0 Å². The van der Waals surface area contributed by atoms with Crippen molar-refractivity contribution in [2.45, 2.75) is 29.9 Å². The highest BCUT2D eigenvalue weighted by Gasteiger charge is 2.23. The molecule has 2 heterocycles. The number of carbonyl (C=O) groups is 1. The maximum Gasteiger partial charge on any atom is 0.232 e. The largest absolute Gasteiger partial charge is 0.342 e. The first-order valence-electron chi connectivity index (χ1n) is 8.65. The van der Waals surface area contributed by atoms with Crippen LogP contribution in [0, 0.1) is 12.8 Å². The Labute approximate surface area is 162 Å². The highest BCUT2D eigenvalue weighted by atomic mass is 32.2. The van der Waals surface area contributed by atoms with E-state index >= 15 is 0 Å². The van der Waals surface area contributed by atoms with E-state index in [-0.39, 0.29) is 0 Å². The third-order valence-corrected chi connectivity index (χ3v) is 7.70. The lowest BCUT2D eigenvalue weighted by Crippen LogP contribution is -2.39. The first kappa shape index (κ1) is 18.8. The van der Waals surface area contributed by atoms with Crippen LogP contribution in [-0.2, 0) is 10.5 Å². The maximum absolute atomic E-state index is 12.4. The van der Waals surface area contributed by atoms with Gasteiger partial charge in [-0.25, -0.2) is 4.98 Å². The van der Waals surface area contributed by atoms with E-state index in [9.17, 15) is 4.79 Å². The molecule has 25 heavy (non-hydrogen) atoms. The minimum atomic E-state index is 0.294. The number of aryl methyl sites for hydroxylation is 1. The Morgan fingerprint density at radius 2 is 2.04 bits per heavy atom. The molecule has 1 aliphatic rings. The highest BCUT2D eigenvalue weighted by Crippen LogP contribution is 2.28. The molecule has 0 bridgehead atoms. The van der Waals surface area contributed by atoms with Crippen LogP contribution in [0.2, 0.25) is 0 Å². The van der Waals surface area contributed by atoms with Gasteiger partial charge in [-0.3, -0.25) is 4.79 Å². The van der Waals surface area contributed by atoms with Crippen molar-refractivity contribution in [2.24, 2.45) is 5.92 Å². The zero-order valence-electron chi connectivity index (χ0n) is 14.5. The highest BCUT2D eigenvalue weighted by molar-refractivity contribution is 8.01. The van der Waals surface area contributed by atoms with Gasteiger partial charge in [-0.15, -0.1) is 23.1 Å². The number of aromatic nitrogens is 1. The van der Waals surface area contributed by atoms with Gasteiger partial charge in [0.1, 0.15) is 4.34 Å². The molecule has 1 aliphatic heterocycles. The van der Waals surface area contributed by atoms with Gasteiger partial charge in [0, 0.05) is 35.7 Å². The molecule has 1 fully saturated rings. The lowest BCUT2D eigenvalue weighted by atomic mass is 9.99. The molecule has 0 spiro atoms. The van der Waals surface area contributed by atoms with Crippen molar-refractivity contribution in [1.29, 1.82) is 0 Å². The second-order valence-electron chi connectivity index (χ2n) is 6.37. The second-order valence-corrected chi connectivity index (χ2v) is 9.48. The third-order valence-electron chi connectivity index (χ3n) is 4.34. The van der Waals surface area contributed by atoms with Gasteiger partial charge in [-0.05, 0) is 31.2 Å². The third kappa shape index (κ3) is 6.04. The van der Waals surface area contributed by atoms with E-state index in [4.69, 9.17) is 0 Å². The fourth-order valence-electron chi connectivity index (χ4n) is 2.86. The number of rotatable bonds is 7. The molecule has 1 amide bonds. The van der Waals surface area contributed by atoms with Crippen molar-refractivity contribution in [3.8, 4) is 0 Å². The molecule has 6 heteroatoms. The number of benzene rings is 1. The Hall–Kier alpha value is -0.980. The quantitative estimate of drug-likeness (QED) is 0.639. The number of hydrogen-bond donors (Lipinski definition) is 0. The fraction of sp³-hybridized carbons (Fsp3) is 0.474. The molecule has 3 rings (SSSR count). The Morgan fingerprint density at radius 1 is 1.28 bits per heavy atom. The molecular weight excluding hydrogens is 368 g/mol. The second kappa shape index (κ2) is 9.64. The summed E-state index contributed by atoms with van der Waals surface area (Å²) >= 11 is 5.32. The zero-order valence-corrected chi connectivity index (χ0v) is 17.0. The fourth-order valence-corrected chi connectivity index (χ4v) is 5.81. The van der Waals surface area contributed by atoms with Crippen LogP contribution in [-0.4, -0.2) is 40.4 Å². The summed E-state index contributed by atoms with van der Waals surface area (Å²) in [4.78, 5) is 18.9. The van der Waals surface area contributed by atoms with Crippen molar-refractivity contribution < 1.29 is 4.79 Å². The van der Waals surface area contributed by atoms with Crippen molar-refractivity contribution in [3.63, 3.8) is 0 Å². The van der Waals surface area contributed by atoms with Gasteiger partial charge >= 0.3 is 0 Å². The normalized spacial score (nSPS) is 15.5. The van der Waals surface area contributed by atoms with E-state index in [0.717, 1.165) is 43.1 Å². The summed E-state index contributed by atoms with van der Waals surface area (Å²) in [5.41, 5.74) is 2.40. The summed E-state index contributed by atoms with van der Waals surface area (Å²) in [6.45, 7) is 3.86. The number of carbonyl (C=O) groups excluding carboxylic acids is 1. The summed E-state index contributed by atoms with van der Waals surface area (Å²) in [5, 5.41) is 2.11. The van der Waals surface area contributed by atoms with Crippen molar-refractivity contribution >= 4 is 40.8 Å². The van der Waals surface area contributed by atoms with Crippen LogP contribution in [0.4, 0.5) is 0 Å². The number of thioether (sulfide) groups is 2. The molecule has 0 unspecified atom stereocenters. The number of likely N-dealkylation sites (tertiary alicyclic amines) is 1. The molecule has 0 N–H and O–H groups in total.